The number of rotatable bonds is 11. The van der Waals surface area contributed by atoms with E-state index in [0.717, 1.165) is 11.1 Å². The Morgan fingerprint density at radius 2 is 1.63 bits per heavy atom. The van der Waals surface area contributed by atoms with E-state index in [9.17, 15) is 24.9 Å². The second-order valence-corrected chi connectivity index (χ2v) is 9.86. The summed E-state index contributed by atoms with van der Waals surface area (Å²) in [5.41, 5.74) is 2.55. The van der Waals surface area contributed by atoms with Gasteiger partial charge in [-0.25, -0.2) is 9.59 Å². The average molecular weight is 567 g/mol. The molecule has 0 aliphatic carbocycles. The summed E-state index contributed by atoms with van der Waals surface area (Å²) in [4.78, 5) is 24.7. The molecule has 0 aromatic heterocycles. The van der Waals surface area contributed by atoms with Crippen molar-refractivity contribution in [3.05, 3.63) is 82.9 Å². The maximum absolute atomic E-state index is 13.1. The smallest absolute Gasteiger partial charge is 0.338 e. The van der Waals surface area contributed by atoms with Gasteiger partial charge in [0.15, 0.2) is 29.1 Å². The Kier molecular flexibility index (Phi) is 9.69. The van der Waals surface area contributed by atoms with Gasteiger partial charge in [0.05, 0.1) is 46.2 Å². The summed E-state index contributed by atoms with van der Waals surface area (Å²) in [7, 11) is 4.14. The number of esters is 2. The van der Waals surface area contributed by atoms with Crippen LogP contribution < -0.4 is 9.47 Å². The van der Waals surface area contributed by atoms with E-state index in [4.69, 9.17) is 18.9 Å². The first kappa shape index (κ1) is 29.7. The van der Waals surface area contributed by atoms with Gasteiger partial charge < -0.3 is 39.0 Å². The van der Waals surface area contributed by atoms with E-state index in [1.165, 1.54) is 27.4 Å². The first-order valence-electron chi connectivity index (χ1n) is 13.1. The van der Waals surface area contributed by atoms with Crippen molar-refractivity contribution in [2.45, 2.75) is 25.0 Å². The van der Waals surface area contributed by atoms with Gasteiger partial charge in [-0.15, -0.1) is 0 Å². The summed E-state index contributed by atoms with van der Waals surface area (Å²) in [5.74, 6) is -0.907. The van der Waals surface area contributed by atoms with Crippen molar-refractivity contribution < 1.29 is 48.6 Å². The molecule has 41 heavy (non-hydrogen) atoms. The number of carbonyl (C=O) groups excluding carboxylic acids is 2. The Balaban J connectivity index is 1.54. The first-order valence-corrected chi connectivity index (χ1v) is 13.1. The fourth-order valence-electron chi connectivity index (χ4n) is 5.04. The zero-order valence-electron chi connectivity index (χ0n) is 23.1. The van der Waals surface area contributed by atoms with Crippen molar-refractivity contribution in [1.29, 1.82) is 0 Å². The highest BCUT2D eigenvalue weighted by Gasteiger charge is 2.39. The minimum atomic E-state index is -1.34. The van der Waals surface area contributed by atoms with Gasteiger partial charge in [-0.3, -0.25) is 0 Å². The topological polar surface area (TPSA) is 141 Å². The Morgan fingerprint density at radius 3 is 2.34 bits per heavy atom. The lowest BCUT2D eigenvalue weighted by Gasteiger charge is -2.24. The van der Waals surface area contributed by atoms with E-state index in [0.29, 0.717) is 30.1 Å². The number of methoxy groups -OCH3 is 3. The van der Waals surface area contributed by atoms with Crippen molar-refractivity contribution in [3.8, 4) is 23.0 Å². The van der Waals surface area contributed by atoms with E-state index < -0.39 is 24.1 Å². The lowest BCUT2D eigenvalue weighted by molar-refractivity contribution is -0.150. The largest absolute Gasteiger partial charge is 0.504 e. The number of phenolic OH excluding ortho intramolecular Hbond substituents is 2. The average Bonchev–Trinajstić information content (AvgIpc) is 3.38. The number of aliphatic hydroxyl groups excluding tert-OH is 1. The first-order chi connectivity index (χ1) is 19.7. The minimum absolute atomic E-state index is 0.00200. The highest BCUT2D eigenvalue weighted by atomic mass is 16.5. The van der Waals surface area contributed by atoms with Crippen LogP contribution in [0.2, 0.25) is 0 Å². The van der Waals surface area contributed by atoms with Crippen molar-refractivity contribution in [2.75, 3.05) is 34.5 Å². The molecular weight excluding hydrogens is 532 g/mol. The molecule has 1 heterocycles. The number of hydrogen-bond acceptors (Lipinski definition) is 10. The Labute approximate surface area is 238 Å². The summed E-state index contributed by atoms with van der Waals surface area (Å²) in [6.45, 7) is 0.432. The normalized spacial score (nSPS) is 18.9. The van der Waals surface area contributed by atoms with Crippen LogP contribution in [-0.4, -0.2) is 67.9 Å². The molecule has 10 heteroatoms. The molecule has 4 unspecified atom stereocenters. The fraction of sp³-hybridized carbons (Fsp3) is 0.355. The van der Waals surface area contributed by atoms with E-state index in [1.807, 2.05) is 6.07 Å². The van der Waals surface area contributed by atoms with Gasteiger partial charge in [-0.1, -0.05) is 24.3 Å². The molecule has 218 valence electrons. The second kappa shape index (κ2) is 13.4. The van der Waals surface area contributed by atoms with Gasteiger partial charge in [-0.2, -0.15) is 0 Å². The molecule has 4 atom stereocenters. The summed E-state index contributed by atoms with van der Waals surface area (Å²) in [6, 6.07) is 16.7. The van der Waals surface area contributed by atoms with Crippen LogP contribution in [0.15, 0.2) is 60.7 Å². The summed E-state index contributed by atoms with van der Waals surface area (Å²) < 4.78 is 27.1. The summed E-state index contributed by atoms with van der Waals surface area (Å²) in [6.07, 6.45) is -1.22. The number of phenols is 2. The number of ether oxygens (including phenoxy) is 5. The van der Waals surface area contributed by atoms with Crippen LogP contribution in [-0.2, 0) is 31.8 Å². The predicted molar refractivity (Wildman–Crippen MR) is 147 cm³/mol. The van der Waals surface area contributed by atoms with Crippen molar-refractivity contribution in [2.24, 2.45) is 11.8 Å². The van der Waals surface area contributed by atoms with Gasteiger partial charge in [0.2, 0.25) is 0 Å². The molecule has 4 rings (SSSR count). The Hall–Kier alpha value is -4.28. The van der Waals surface area contributed by atoms with E-state index in [2.05, 4.69) is 4.74 Å². The van der Waals surface area contributed by atoms with Gasteiger partial charge in [-0.05, 0) is 65.4 Å². The predicted octanol–water partition coefficient (Wildman–Crippen LogP) is 3.59. The van der Waals surface area contributed by atoms with E-state index in [-0.39, 0.29) is 41.9 Å². The molecule has 3 N–H and O–H groups in total. The monoisotopic (exact) mass is 566 g/mol. The highest BCUT2D eigenvalue weighted by molar-refractivity contribution is 5.89. The number of aromatic hydroxyl groups is 2. The third-order valence-corrected chi connectivity index (χ3v) is 7.23. The molecule has 0 spiro atoms. The molecule has 0 amide bonds. The zero-order valence-corrected chi connectivity index (χ0v) is 23.1. The summed E-state index contributed by atoms with van der Waals surface area (Å²) in [5, 5.41) is 30.1. The maximum Gasteiger partial charge on any atom is 0.338 e. The molecule has 3 aromatic carbocycles. The molecule has 1 fully saturated rings. The van der Waals surface area contributed by atoms with Crippen LogP contribution in [0.5, 0.6) is 23.0 Å². The second-order valence-electron chi connectivity index (χ2n) is 9.86. The number of carbonyl (C=O) groups is 2. The molecule has 0 saturated carbocycles. The van der Waals surface area contributed by atoms with Crippen molar-refractivity contribution in [3.63, 3.8) is 0 Å². The lowest BCUT2D eigenvalue weighted by Crippen LogP contribution is -2.25. The number of benzene rings is 3. The number of aliphatic hydroxyl groups is 1. The SMILES string of the molecule is COC(=O)C(O)Cc1cccc(C(=O)OCC2C(Cc3ccc(O)c(OC)c3)COC2c2ccc(O)c(OC)c2)c1. The van der Waals surface area contributed by atoms with E-state index in [1.54, 1.807) is 48.5 Å². The zero-order chi connectivity index (χ0) is 29.5. The quantitative estimate of drug-likeness (QED) is 0.295. The maximum atomic E-state index is 13.1. The summed E-state index contributed by atoms with van der Waals surface area (Å²) >= 11 is 0. The van der Waals surface area contributed by atoms with Crippen LogP contribution in [0.25, 0.3) is 0 Å². The van der Waals surface area contributed by atoms with Gasteiger partial charge in [0, 0.05) is 12.3 Å². The molecule has 3 aromatic rings. The van der Waals surface area contributed by atoms with E-state index >= 15 is 0 Å². The van der Waals surface area contributed by atoms with Gasteiger partial charge >= 0.3 is 11.9 Å². The minimum Gasteiger partial charge on any atom is -0.504 e. The Morgan fingerprint density at radius 1 is 0.927 bits per heavy atom. The molecule has 0 bridgehead atoms. The van der Waals surface area contributed by atoms with Gasteiger partial charge in [0.25, 0.3) is 0 Å². The lowest BCUT2D eigenvalue weighted by atomic mass is 9.84. The number of hydrogen-bond donors (Lipinski definition) is 3. The van der Waals surface area contributed by atoms with Crippen LogP contribution in [0.1, 0.15) is 33.2 Å². The molecule has 1 aliphatic heterocycles. The molecular formula is C31H34O10. The van der Waals surface area contributed by atoms with Crippen LogP contribution >= 0.6 is 0 Å². The van der Waals surface area contributed by atoms with Crippen molar-refractivity contribution in [1.82, 2.24) is 0 Å². The van der Waals surface area contributed by atoms with Crippen LogP contribution in [0, 0.1) is 11.8 Å². The molecule has 10 nitrogen and oxygen atoms in total. The van der Waals surface area contributed by atoms with Crippen molar-refractivity contribution >= 4 is 11.9 Å². The third-order valence-electron chi connectivity index (χ3n) is 7.23. The molecule has 1 saturated heterocycles. The highest BCUT2D eigenvalue weighted by Crippen LogP contribution is 2.43. The fourth-order valence-corrected chi connectivity index (χ4v) is 5.04. The Bertz CT molecular complexity index is 1370. The van der Waals surface area contributed by atoms with Gasteiger partial charge in [0.1, 0.15) is 0 Å². The third kappa shape index (κ3) is 7.08. The van der Waals surface area contributed by atoms with Crippen LogP contribution in [0.3, 0.4) is 0 Å². The van der Waals surface area contributed by atoms with Crippen LogP contribution in [0.4, 0.5) is 0 Å². The standard InChI is InChI=1S/C31H34O10/c1-37-27-14-19(7-9-24(27)32)12-22-16-40-29(20-8-10-25(33)28(15-20)38-2)23(22)17-41-30(35)21-6-4-5-18(11-21)13-26(34)31(36)39-3/h4-11,14-15,22-23,26,29,32-34H,12-13,16-17H2,1-3H3. The molecule has 1 aliphatic rings. The molecule has 0 radical (unpaired) electrons.